The van der Waals surface area contributed by atoms with E-state index in [1.165, 1.54) is 36.8 Å². The Labute approximate surface area is 152 Å². The van der Waals surface area contributed by atoms with E-state index in [0.717, 1.165) is 0 Å². The molecule has 0 spiro atoms. The molecule has 0 radical (unpaired) electrons. The maximum absolute atomic E-state index is 8.86. The van der Waals surface area contributed by atoms with E-state index in [9.17, 15) is 0 Å². The average molecular weight is 335 g/mol. The lowest BCUT2D eigenvalue weighted by molar-refractivity contribution is 0.285. The van der Waals surface area contributed by atoms with Crippen molar-refractivity contribution in [1.82, 2.24) is 5.32 Å². The number of nitrogens with zero attached hydrogens (tertiary/aromatic N) is 1. The van der Waals surface area contributed by atoms with Gasteiger partial charge in [-0.15, -0.1) is 0 Å². The molecular formula is C23H30N2. The summed E-state index contributed by atoms with van der Waals surface area (Å²) in [6.45, 7) is 4.00. The van der Waals surface area contributed by atoms with Gasteiger partial charge in [-0.05, 0) is 42.7 Å². The molecule has 0 aliphatic heterocycles. The molecule has 3 rings (SSSR count). The van der Waals surface area contributed by atoms with Crippen molar-refractivity contribution in [3.05, 3.63) is 71.8 Å². The number of benzene rings is 2. The molecule has 1 fully saturated rings. The van der Waals surface area contributed by atoms with Crippen LogP contribution >= 0.6 is 0 Å². The zero-order valence-corrected chi connectivity index (χ0v) is 15.5. The Morgan fingerprint density at radius 1 is 0.880 bits per heavy atom. The van der Waals surface area contributed by atoms with E-state index in [0.29, 0.717) is 18.4 Å². The highest BCUT2D eigenvalue weighted by Crippen LogP contribution is 2.30. The normalized spacial score (nSPS) is 19.6. The second kappa shape index (κ2) is 10.7. The highest BCUT2D eigenvalue weighted by molar-refractivity contribution is 5.31. The van der Waals surface area contributed by atoms with Gasteiger partial charge in [-0.25, -0.2) is 0 Å². The molecule has 0 aromatic heterocycles. The predicted octanol–water partition coefficient (Wildman–Crippen LogP) is 5.86. The zero-order valence-electron chi connectivity index (χ0n) is 15.5. The van der Waals surface area contributed by atoms with E-state index in [4.69, 9.17) is 5.26 Å². The smallest absolute Gasteiger partial charge is 0.0624 e. The Morgan fingerprint density at radius 3 is 1.80 bits per heavy atom. The molecule has 1 aliphatic rings. The lowest BCUT2D eigenvalue weighted by Crippen LogP contribution is -2.36. The fourth-order valence-corrected chi connectivity index (χ4v) is 3.57. The first-order valence-electron chi connectivity index (χ1n) is 9.59. The Morgan fingerprint density at radius 2 is 1.36 bits per heavy atom. The molecule has 0 saturated heterocycles. The number of nitriles is 1. The van der Waals surface area contributed by atoms with Crippen LogP contribution in [0.5, 0.6) is 0 Å². The van der Waals surface area contributed by atoms with Gasteiger partial charge in [-0.3, -0.25) is 0 Å². The van der Waals surface area contributed by atoms with Crippen molar-refractivity contribution < 1.29 is 0 Å². The van der Waals surface area contributed by atoms with Gasteiger partial charge in [0.25, 0.3) is 0 Å². The van der Waals surface area contributed by atoms with Crippen LogP contribution in [0.25, 0.3) is 0 Å². The maximum atomic E-state index is 8.86. The topological polar surface area (TPSA) is 35.8 Å². The summed E-state index contributed by atoms with van der Waals surface area (Å²) in [4.78, 5) is 0. The summed E-state index contributed by atoms with van der Waals surface area (Å²) in [5, 5.41) is 12.7. The molecule has 0 amide bonds. The second-order valence-electron chi connectivity index (χ2n) is 6.50. The minimum Gasteiger partial charge on any atom is -0.303 e. The molecule has 0 atom stereocenters. The van der Waals surface area contributed by atoms with Gasteiger partial charge in [-0.1, -0.05) is 74.5 Å². The monoisotopic (exact) mass is 334 g/mol. The number of nitrogens with one attached hydrogen (secondary N) is 1. The third kappa shape index (κ3) is 5.73. The molecule has 2 aromatic rings. The van der Waals surface area contributed by atoms with Crippen molar-refractivity contribution >= 4 is 0 Å². The Kier molecular flexibility index (Phi) is 8.22. The predicted molar refractivity (Wildman–Crippen MR) is 105 cm³/mol. The molecule has 2 aromatic carbocycles. The molecule has 25 heavy (non-hydrogen) atoms. The van der Waals surface area contributed by atoms with Crippen molar-refractivity contribution in [3.8, 4) is 6.07 Å². The SMILES string of the molecule is CC.N#CCC1CCC(NC(c2ccccc2)c2ccccc2)CC1. The van der Waals surface area contributed by atoms with Crippen LogP contribution in [-0.2, 0) is 0 Å². The van der Waals surface area contributed by atoms with Crippen molar-refractivity contribution in [2.24, 2.45) is 5.92 Å². The van der Waals surface area contributed by atoms with E-state index < -0.39 is 0 Å². The first-order valence-corrected chi connectivity index (χ1v) is 9.59. The highest BCUT2D eigenvalue weighted by Gasteiger charge is 2.24. The second-order valence-corrected chi connectivity index (χ2v) is 6.50. The van der Waals surface area contributed by atoms with E-state index in [1.54, 1.807) is 0 Å². The van der Waals surface area contributed by atoms with Gasteiger partial charge in [0.05, 0.1) is 12.1 Å². The third-order valence-electron chi connectivity index (χ3n) is 4.89. The lowest BCUT2D eigenvalue weighted by atomic mass is 9.83. The molecule has 1 aliphatic carbocycles. The van der Waals surface area contributed by atoms with Gasteiger partial charge in [-0.2, -0.15) is 5.26 Å². The van der Waals surface area contributed by atoms with Crippen molar-refractivity contribution in [2.45, 2.75) is 58.0 Å². The van der Waals surface area contributed by atoms with Crippen LogP contribution in [0.1, 0.15) is 63.1 Å². The summed E-state index contributed by atoms with van der Waals surface area (Å²) in [6, 6.07) is 24.5. The van der Waals surface area contributed by atoms with Crippen molar-refractivity contribution in [3.63, 3.8) is 0 Å². The van der Waals surface area contributed by atoms with Crippen LogP contribution in [0.2, 0.25) is 0 Å². The Balaban J connectivity index is 0.00000109. The van der Waals surface area contributed by atoms with Gasteiger partial charge >= 0.3 is 0 Å². The molecule has 1 N–H and O–H groups in total. The summed E-state index contributed by atoms with van der Waals surface area (Å²) in [5.41, 5.74) is 2.63. The average Bonchev–Trinajstić information content (AvgIpc) is 2.70. The Hall–Kier alpha value is -2.11. The molecule has 2 nitrogen and oxygen atoms in total. The van der Waals surface area contributed by atoms with Gasteiger partial charge < -0.3 is 5.32 Å². The molecule has 0 unspecified atom stereocenters. The van der Waals surface area contributed by atoms with Crippen LogP contribution in [0.15, 0.2) is 60.7 Å². The molecular weight excluding hydrogens is 304 g/mol. The summed E-state index contributed by atoms with van der Waals surface area (Å²) in [6.07, 6.45) is 5.39. The minimum atomic E-state index is 0.245. The van der Waals surface area contributed by atoms with Gasteiger partial charge in [0.1, 0.15) is 0 Å². The molecule has 132 valence electrons. The fraction of sp³-hybridized carbons (Fsp3) is 0.435. The summed E-state index contributed by atoms with van der Waals surface area (Å²) >= 11 is 0. The highest BCUT2D eigenvalue weighted by atomic mass is 15.0. The third-order valence-corrected chi connectivity index (χ3v) is 4.89. The number of rotatable bonds is 5. The van der Waals surface area contributed by atoms with Crippen molar-refractivity contribution in [2.75, 3.05) is 0 Å². The van der Waals surface area contributed by atoms with Gasteiger partial charge in [0, 0.05) is 12.5 Å². The van der Waals surface area contributed by atoms with Crippen LogP contribution in [0.4, 0.5) is 0 Å². The summed E-state index contributed by atoms with van der Waals surface area (Å²) in [7, 11) is 0. The van der Waals surface area contributed by atoms with E-state index in [1.807, 2.05) is 13.8 Å². The molecule has 1 saturated carbocycles. The summed E-state index contributed by atoms with van der Waals surface area (Å²) < 4.78 is 0. The standard InChI is InChI=1S/C21H24N2.C2H6/c22-16-15-17-11-13-20(14-12-17)23-21(18-7-3-1-4-8-18)19-9-5-2-6-10-19;1-2/h1-10,17,20-21,23H,11-15H2;1-2H3. The number of hydrogen-bond donors (Lipinski definition) is 1. The lowest BCUT2D eigenvalue weighted by Gasteiger charge is -2.32. The molecule has 0 heterocycles. The van der Waals surface area contributed by atoms with Crippen molar-refractivity contribution in [1.29, 1.82) is 5.26 Å². The Bertz CT molecular complexity index is 583. The number of hydrogen-bond acceptors (Lipinski definition) is 2. The summed E-state index contributed by atoms with van der Waals surface area (Å²) in [5.74, 6) is 0.602. The van der Waals surface area contributed by atoms with Gasteiger partial charge in [0.2, 0.25) is 0 Å². The van der Waals surface area contributed by atoms with E-state index in [-0.39, 0.29) is 6.04 Å². The first kappa shape index (κ1) is 19.2. The van der Waals surface area contributed by atoms with Crippen LogP contribution in [-0.4, -0.2) is 6.04 Å². The van der Waals surface area contributed by atoms with Crippen LogP contribution in [0, 0.1) is 17.2 Å². The first-order chi connectivity index (χ1) is 12.4. The minimum absolute atomic E-state index is 0.245. The molecule has 0 bridgehead atoms. The quantitative estimate of drug-likeness (QED) is 0.743. The van der Waals surface area contributed by atoms with E-state index >= 15 is 0 Å². The zero-order chi connectivity index (χ0) is 17.9. The van der Waals surface area contributed by atoms with E-state index in [2.05, 4.69) is 72.0 Å². The molecule has 2 heteroatoms. The fourth-order valence-electron chi connectivity index (χ4n) is 3.57. The van der Waals surface area contributed by atoms with Crippen LogP contribution in [0.3, 0.4) is 0 Å². The van der Waals surface area contributed by atoms with Gasteiger partial charge in [0.15, 0.2) is 0 Å². The maximum Gasteiger partial charge on any atom is 0.0624 e. The largest absolute Gasteiger partial charge is 0.303 e. The van der Waals surface area contributed by atoms with Crippen LogP contribution < -0.4 is 5.32 Å².